The Labute approximate surface area is 187 Å². The summed E-state index contributed by atoms with van der Waals surface area (Å²) in [4.78, 5) is 30.1. The molecule has 2 N–H and O–H groups in total. The van der Waals surface area contributed by atoms with Crippen molar-refractivity contribution in [3.8, 4) is 0 Å². The van der Waals surface area contributed by atoms with Gasteiger partial charge in [0.2, 0.25) is 0 Å². The van der Waals surface area contributed by atoms with Crippen LogP contribution in [0, 0.1) is 0 Å². The number of halogens is 1. The van der Waals surface area contributed by atoms with Crippen molar-refractivity contribution in [1.29, 1.82) is 0 Å². The third-order valence-corrected chi connectivity index (χ3v) is 5.23. The number of benzene rings is 1. The van der Waals surface area contributed by atoms with E-state index in [9.17, 15) is 9.59 Å². The molecule has 0 saturated heterocycles. The van der Waals surface area contributed by atoms with E-state index in [2.05, 4.69) is 15.7 Å². The zero-order chi connectivity index (χ0) is 22.7. The smallest absolute Gasteiger partial charge is 0.256 e. The average molecular weight is 442 g/mol. The summed E-state index contributed by atoms with van der Waals surface area (Å²) in [5.74, 6) is -0.359. The highest BCUT2D eigenvalue weighted by Crippen LogP contribution is 2.26. The molecule has 0 aliphatic rings. The number of hydrogen-bond acceptors (Lipinski definition) is 4. The third kappa shape index (κ3) is 4.88. The van der Waals surface area contributed by atoms with Crippen LogP contribution in [-0.2, 0) is 0 Å². The molecular weight excluding hydrogens is 414 g/mol. The molecule has 2 heterocycles. The maximum atomic E-state index is 13.2. The Morgan fingerprint density at radius 2 is 1.84 bits per heavy atom. The highest BCUT2D eigenvalue weighted by atomic mass is 35.5. The summed E-state index contributed by atoms with van der Waals surface area (Å²) in [5.41, 5.74) is 2.89. The Morgan fingerprint density at radius 1 is 1.10 bits per heavy atom. The van der Waals surface area contributed by atoms with Crippen molar-refractivity contribution in [3.63, 3.8) is 0 Å². The average Bonchev–Trinajstić information content (AvgIpc) is 3.15. The van der Waals surface area contributed by atoms with Crippen molar-refractivity contribution in [2.75, 3.05) is 11.9 Å². The van der Waals surface area contributed by atoms with Crippen molar-refractivity contribution in [2.24, 2.45) is 0 Å². The Kier molecular flexibility index (Phi) is 6.95. The lowest BCUT2D eigenvalue weighted by Crippen LogP contribution is -2.24. The molecule has 0 atom stereocenters. The maximum absolute atomic E-state index is 13.2. The van der Waals surface area contributed by atoms with Crippen molar-refractivity contribution in [1.82, 2.24) is 20.1 Å². The molecule has 0 saturated carbocycles. The molecule has 0 unspecified atom stereocenters. The first-order valence-corrected chi connectivity index (χ1v) is 10.9. The Hall–Kier alpha value is -2.93. The predicted molar refractivity (Wildman–Crippen MR) is 124 cm³/mol. The van der Waals surface area contributed by atoms with Crippen LogP contribution >= 0.6 is 11.6 Å². The fourth-order valence-electron chi connectivity index (χ4n) is 3.21. The highest BCUT2D eigenvalue weighted by molar-refractivity contribution is 6.34. The summed E-state index contributed by atoms with van der Waals surface area (Å²) in [6.07, 6.45) is 2.51. The largest absolute Gasteiger partial charge is 0.352 e. The molecule has 1 aromatic carbocycles. The van der Waals surface area contributed by atoms with Gasteiger partial charge in [0.25, 0.3) is 11.8 Å². The van der Waals surface area contributed by atoms with E-state index in [4.69, 9.17) is 16.6 Å². The highest BCUT2D eigenvalue weighted by Gasteiger charge is 2.19. The van der Waals surface area contributed by atoms with Crippen LogP contribution in [0.4, 0.5) is 5.69 Å². The number of carbonyl (C=O) groups is 2. The minimum Gasteiger partial charge on any atom is -0.352 e. The van der Waals surface area contributed by atoms with Gasteiger partial charge in [-0.1, -0.05) is 32.4 Å². The van der Waals surface area contributed by atoms with E-state index in [0.717, 1.165) is 12.1 Å². The molecule has 0 fully saturated rings. The molecule has 7 nitrogen and oxygen atoms in total. The summed E-state index contributed by atoms with van der Waals surface area (Å²) in [5, 5.41) is 11.1. The topological polar surface area (TPSA) is 88.9 Å². The monoisotopic (exact) mass is 441 g/mol. The normalized spacial score (nSPS) is 11.4. The van der Waals surface area contributed by atoms with Crippen LogP contribution in [-0.4, -0.2) is 33.1 Å². The molecule has 3 rings (SSSR count). The fourth-order valence-corrected chi connectivity index (χ4v) is 3.47. The standard InChI is InChI=1S/C23H28ClN5O2/c1-6-9-25-22(30)16-8-7-15(10-19(16)24)27-23(31)17-11-20(13(2)3)28-21-18(17)12-26-29(21)14(4)5/h7-8,10-14H,6,9H2,1-5H3,(H,25,30)(H,27,31). The SMILES string of the molecule is CCCNC(=O)c1ccc(NC(=O)c2cc(C(C)C)nc3c2cnn3C(C)C)cc1Cl. The lowest BCUT2D eigenvalue weighted by molar-refractivity contribution is 0.0953. The summed E-state index contributed by atoms with van der Waals surface area (Å²) < 4.78 is 1.82. The molecule has 0 aliphatic heterocycles. The summed E-state index contributed by atoms with van der Waals surface area (Å²) >= 11 is 6.30. The van der Waals surface area contributed by atoms with E-state index >= 15 is 0 Å². The minimum atomic E-state index is -0.281. The molecule has 0 bridgehead atoms. The molecule has 0 spiro atoms. The molecule has 3 aromatic rings. The molecule has 8 heteroatoms. The van der Waals surface area contributed by atoms with Crippen LogP contribution in [0.3, 0.4) is 0 Å². The lowest BCUT2D eigenvalue weighted by Gasteiger charge is -2.13. The van der Waals surface area contributed by atoms with Gasteiger partial charge >= 0.3 is 0 Å². The van der Waals surface area contributed by atoms with Crippen molar-refractivity contribution in [2.45, 2.75) is 53.0 Å². The van der Waals surface area contributed by atoms with Crippen LogP contribution in [0.15, 0.2) is 30.5 Å². The first-order valence-electron chi connectivity index (χ1n) is 10.5. The second kappa shape index (κ2) is 9.47. The first-order chi connectivity index (χ1) is 14.7. The molecular formula is C23H28ClN5O2. The fraction of sp³-hybridized carbons (Fsp3) is 0.391. The number of nitrogens with one attached hydrogen (secondary N) is 2. The van der Waals surface area contributed by atoms with E-state index in [1.807, 2.05) is 45.4 Å². The summed E-state index contributed by atoms with van der Waals surface area (Å²) in [6.45, 7) is 10.7. The zero-order valence-electron chi connectivity index (χ0n) is 18.5. The Morgan fingerprint density at radius 3 is 2.45 bits per heavy atom. The third-order valence-electron chi connectivity index (χ3n) is 4.92. The van der Waals surface area contributed by atoms with E-state index in [0.29, 0.717) is 34.4 Å². The van der Waals surface area contributed by atoms with Gasteiger partial charge in [-0.25, -0.2) is 9.67 Å². The van der Waals surface area contributed by atoms with E-state index < -0.39 is 0 Å². The lowest BCUT2D eigenvalue weighted by atomic mass is 10.0. The van der Waals surface area contributed by atoms with Gasteiger partial charge in [0.05, 0.1) is 27.7 Å². The number of anilines is 1. The van der Waals surface area contributed by atoms with Gasteiger partial charge in [-0.05, 0) is 50.5 Å². The molecule has 2 amide bonds. The Bertz CT molecular complexity index is 1120. The number of fused-ring (bicyclic) bond motifs is 1. The predicted octanol–water partition coefficient (Wildman–Crippen LogP) is 5.18. The summed E-state index contributed by atoms with van der Waals surface area (Å²) in [6, 6.07) is 6.79. The van der Waals surface area contributed by atoms with Crippen LogP contribution in [0.2, 0.25) is 5.02 Å². The van der Waals surface area contributed by atoms with Gasteiger partial charge in [0, 0.05) is 24.0 Å². The molecule has 31 heavy (non-hydrogen) atoms. The number of aromatic nitrogens is 3. The van der Waals surface area contributed by atoms with Crippen LogP contribution in [0.5, 0.6) is 0 Å². The number of carbonyl (C=O) groups excluding carboxylic acids is 2. The van der Waals surface area contributed by atoms with Crippen LogP contribution < -0.4 is 10.6 Å². The van der Waals surface area contributed by atoms with Gasteiger partial charge in [0.1, 0.15) is 0 Å². The van der Waals surface area contributed by atoms with Gasteiger partial charge in [-0.3, -0.25) is 9.59 Å². The van der Waals surface area contributed by atoms with Gasteiger partial charge < -0.3 is 10.6 Å². The summed E-state index contributed by atoms with van der Waals surface area (Å²) in [7, 11) is 0. The number of amides is 2. The molecule has 0 aliphatic carbocycles. The number of pyridine rings is 1. The number of rotatable bonds is 7. The van der Waals surface area contributed by atoms with E-state index in [1.165, 1.54) is 0 Å². The van der Waals surface area contributed by atoms with Gasteiger partial charge in [-0.15, -0.1) is 0 Å². The van der Waals surface area contributed by atoms with Crippen LogP contribution in [0.1, 0.15) is 79.4 Å². The molecule has 164 valence electrons. The second-order valence-corrected chi connectivity index (χ2v) is 8.48. The molecule has 2 aromatic heterocycles. The van der Waals surface area contributed by atoms with Crippen LogP contribution in [0.25, 0.3) is 11.0 Å². The molecule has 0 radical (unpaired) electrons. The van der Waals surface area contributed by atoms with Crippen molar-refractivity contribution in [3.05, 3.63) is 52.3 Å². The number of nitrogens with zero attached hydrogens (tertiary/aromatic N) is 3. The van der Waals surface area contributed by atoms with Gasteiger partial charge in [0.15, 0.2) is 5.65 Å². The minimum absolute atomic E-state index is 0.119. The van der Waals surface area contributed by atoms with E-state index in [-0.39, 0.29) is 28.8 Å². The second-order valence-electron chi connectivity index (χ2n) is 8.07. The Balaban J connectivity index is 1.93. The zero-order valence-corrected chi connectivity index (χ0v) is 19.2. The van der Waals surface area contributed by atoms with Crippen molar-refractivity contribution >= 4 is 40.1 Å². The van der Waals surface area contributed by atoms with Crippen molar-refractivity contribution < 1.29 is 9.59 Å². The number of hydrogen-bond donors (Lipinski definition) is 2. The van der Waals surface area contributed by atoms with Gasteiger partial charge in [-0.2, -0.15) is 5.10 Å². The van der Waals surface area contributed by atoms with E-state index in [1.54, 1.807) is 24.4 Å². The maximum Gasteiger partial charge on any atom is 0.256 e. The first kappa shape index (κ1) is 22.7. The quantitative estimate of drug-likeness (QED) is 0.528.